The van der Waals surface area contributed by atoms with Gasteiger partial charge in [-0.25, -0.2) is 0 Å². The number of hydrogen-bond donors (Lipinski definition) is 2. The molecule has 4 heteroatoms. The molecule has 0 bridgehead atoms. The Hall–Kier alpha value is -0.610. The number of methoxy groups -OCH3 is 1. The molecule has 1 fully saturated rings. The fourth-order valence-corrected chi connectivity index (χ4v) is 2.62. The Labute approximate surface area is 111 Å². The first-order valence-electron chi connectivity index (χ1n) is 7.02. The first-order valence-corrected chi connectivity index (χ1v) is 7.02. The Bertz CT molecular complexity index is 267. The van der Waals surface area contributed by atoms with Crippen LogP contribution >= 0.6 is 0 Å². The summed E-state index contributed by atoms with van der Waals surface area (Å²) in [5.74, 6) is -0.00826. The molecule has 0 aromatic heterocycles. The van der Waals surface area contributed by atoms with Crippen LogP contribution in [-0.4, -0.2) is 31.7 Å². The van der Waals surface area contributed by atoms with E-state index in [0.717, 1.165) is 12.8 Å². The molecule has 0 aromatic carbocycles. The van der Waals surface area contributed by atoms with Crippen molar-refractivity contribution in [2.45, 2.75) is 64.5 Å². The van der Waals surface area contributed by atoms with Crippen molar-refractivity contribution in [3.05, 3.63) is 0 Å². The first kappa shape index (κ1) is 15.4. The highest BCUT2D eigenvalue weighted by Gasteiger charge is 2.33. The van der Waals surface area contributed by atoms with Crippen molar-refractivity contribution in [1.82, 2.24) is 5.32 Å². The van der Waals surface area contributed by atoms with Crippen molar-refractivity contribution < 1.29 is 9.53 Å². The number of nitrogens with two attached hydrogens (primary N) is 1. The topological polar surface area (TPSA) is 64.3 Å². The highest BCUT2D eigenvalue weighted by molar-refractivity contribution is 5.81. The van der Waals surface area contributed by atoms with E-state index >= 15 is 0 Å². The minimum Gasteiger partial charge on any atom is -0.385 e. The zero-order chi connectivity index (χ0) is 13.6. The molecule has 1 saturated carbocycles. The highest BCUT2D eigenvalue weighted by Crippen LogP contribution is 2.35. The van der Waals surface area contributed by atoms with Gasteiger partial charge in [-0.3, -0.25) is 4.79 Å². The fourth-order valence-electron chi connectivity index (χ4n) is 2.62. The summed E-state index contributed by atoms with van der Waals surface area (Å²) in [4.78, 5) is 12.0. The number of carbonyl (C=O) groups excluding carboxylic acids is 1. The predicted octanol–water partition coefficient (Wildman–Crippen LogP) is 1.83. The quantitative estimate of drug-likeness (QED) is 0.713. The second-order valence-corrected chi connectivity index (χ2v) is 6.04. The van der Waals surface area contributed by atoms with Gasteiger partial charge in [0.15, 0.2) is 0 Å². The van der Waals surface area contributed by atoms with E-state index in [1.54, 1.807) is 7.11 Å². The fraction of sp³-hybridized carbons (Fsp3) is 0.929. The number of rotatable bonds is 6. The second-order valence-electron chi connectivity index (χ2n) is 6.04. The summed E-state index contributed by atoms with van der Waals surface area (Å²) >= 11 is 0. The maximum atomic E-state index is 12.0. The van der Waals surface area contributed by atoms with Gasteiger partial charge in [-0.2, -0.15) is 0 Å². The van der Waals surface area contributed by atoms with E-state index in [2.05, 4.69) is 19.2 Å². The highest BCUT2D eigenvalue weighted by atomic mass is 16.5. The van der Waals surface area contributed by atoms with Crippen molar-refractivity contribution in [2.75, 3.05) is 13.7 Å². The van der Waals surface area contributed by atoms with E-state index in [1.807, 2.05) is 0 Å². The van der Waals surface area contributed by atoms with E-state index < -0.39 is 6.04 Å². The lowest BCUT2D eigenvalue weighted by Crippen LogP contribution is -2.51. The SMILES string of the molecule is COCCCC(N)C(=O)NC1CCCCC1(C)C. The zero-order valence-electron chi connectivity index (χ0n) is 12.0. The molecule has 0 aliphatic heterocycles. The molecule has 0 heterocycles. The van der Waals surface area contributed by atoms with Crippen molar-refractivity contribution in [1.29, 1.82) is 0 Å². The Balaban J connectivity index is 2.38. The van der Waals surface area contributed by atoms with Gasteiger partial charge in [0.1, 0.15) is 0 Å². The molecule has 0 saturated heterocycles. The molecule has 4 nitrogen and oxygen atoms in total. The third kappa shape index (κ3) is 4.58. The number of ether oxygens (including phenoxy) is 1. The van der Waals surface area contributed by atoms with Gasteiger partial charge >= 0.3 is 0 Å². The summed E-state index contributed by atoms with van der Waals surface area (Å²) in [6, 6.07) is -0.134. The largest absolute Gasteiger partial charge is 0.385 e. The van der Waals surface area contributed by atoms with Gasteiger partial charge in [0.2, 0.25) is 5.91 Å². The van der Waals surface area contributed by atoms with E-state index in [4.69, 9.17) is 10.5 Å². The molecular formula is C14H28N2O2. The monoisotopic (exact) mass is 256 g/mol. The van der Waals surface area contributed by atoms with Crippen LogP contribution in [0.2, 0.25) is 0 Å². The first-order chi connectivity index (χ1) is 8.47. The molecule has 0 radical (unpaired) electrons. The molecule has 1 amide bonds. The summed E-state index contributed by atoms with van der Waals surface area (Å²) in [6.07, 6.45) is 6.24. The number of amides is 1. The summed E-state index contributed by atoms with van der Waals surface area (Å²) in [5, 5.41) is 3.13. The van der Waals surface area contributed by atoms with E-state index in [-0.39, 0.29) is 17.4 Å². The third-order valence-corrected chi connectivity index (χ3v) is 4.02. The van der Waals surface area contributed by atoms with Crippen molar-refractivity contribution in [2.24, 2.45) is 11.1 Å². The van der Waals surface area contributed by atoms with Gasteiger partial charge in [0.05, 0.1) is 6.04 Å². The standard InChI is InChI=1S/C14H28N2O2/c1-14(2)9-5-4-8-12(14)16-13(17)11(15)7-6-10-18-3/h11-12H,4-10,15H2,1-3H3,(H,16,17). The molecular weight excluding hydrogens is 228 g/mol. The second kappa shape index (κ2) is 7.10. The van der Waals surface area contributed by atoms with Crippen LogP contribution in [0.15, 0.2) is 0 Å². The molecule has 106 valence electrons. The molecule has 18 heavy (non-hydrogen) atoms. The minimum atomic E-state index is -0.405. The molecule has 1 rings (SSSR count). The Kier molecular flexibility index (Phi) is 6.09. The number of carbonyl (C=O) groups is 1. The number of nitrogens with one attached hydrogen (secondary N) is 1. The molecule has 2 atom stereocenters. The smallest absolute Gasteiger partial charge is 0.237 e. The van der Waals surface area contributed by atoms with Gasteiger partial charge in [-0.1, -0.05) is 26.7 Å². The zero-order valence-corrected chi connectivity index (χ0v) is 12.0. The Morgan fingerprint density at radius 2 is 2.22 bits per heavy atom. The van der Waals surface area contributed by atoms with Crippen LogP contribution in [0.25, 0.3) is 0 Å². The summed E-state index contributed by atoms with van der Waals surface area (Å²) in [7, 11) is 1.66. The van der Waals surface area contributed by atoms with Crippen LogP contribution in [0.1, 0.15) is 52.4 Å². The average Bonchev–Trinajstić information content (AvgIpc) is 2.31. The average molecular weight is 256 g/mol. The molecule has 0 aromatic rings. The molecule has 2 unspecified atom stereocenters. The lowest BCUT2D eigenvalue weighted by atomic mass is 9.73. The summed E-state index contributed by atoms with van der Waals surface area (Å²) in [6.45, 7) is 5.12. The van der Waals surface area contributed by atoms with Gasteiger partial charge in [-0.05, 0) is 31.1 Å². The van der Waals surface area contributed by atoms with Gasteiger partial charge in [0.25, 0.3) is 0 Å². The lowest BCUT2D eigenvalue weighted by molar-refractivity contribution is -0.124. The van der Waals surface area contributed by atoms with Crippen molar-refractivity contribution >= 4 is 5.91 Å². The maximum Gasteiger partial charge on any atom is 0.237 e. The molecule has 1 aliphatic carbocycles. The Morgan fingerprint density at radius 1 is 1.50 bits per heavy atom. The molecule has 0 spiro atoms. The van der Waals surface area contributed by atoms with Crippen molar-refractivity contribution in [3.63, 3.8) is 0 Å². The van der Waals surface area contributed by atoms with Gasteiger partial charge in [0, 0.05) is 19.8 Å². The summed E-state index contributed by atoms with van der Waals surface area (Å²) in [5.41, 5.74) is 6.09. The van der Waals surface area contributed by atoms with Gasteiger partial charge < -0.3 is 15.8 Å². The maximum absolute atomic E-state index is 12.0. The predicted molar refractivity (Wildman–Crippen MR) is 73.3 cm³/mol. The van der Waals surface area contributed by atoms with E-state index in [0.29, 0.717) is 13.0 Å². The summed E-state index contributed by atoms with van der Waals surface area (Å²) < 4.78 is 4.97. The van der Waals surface area contributed by atoms with Gasteiger partial charge in [-0.15, -0.1) is 0 Å². The third-order valence-electron chi connectivity index (χ3n) is 4.02. The number of hydrogen-bond acceptors (Lipinski definition) is 3. The van der Waals surface area contributed by atoms with Crippen LogP contribution in [0, 0.1) is 5.41 Å². The van der Waals surface area contributed by atoms with E-state index in [1.165, 1.54) is 19.3 Å². The Morgan fingerprint density at radius 3 is 2.83 bits per heavy atom. The van der Waals surface area contributed by atoms with Crippen LogP contribution in [0.4, 0.5) is 0 Å². The minimum absolute atomic E-state index is 0.00826. The normalized spacial score (nSPS) is 24.6. The molecule has 3 N–H and O–H groups in total. The van der Waals surface area contributed by atoms with E-state index in [9.17, 15) is 4.79 Å². The van der Waals surface area contributed by atoms with Crippen LogP contribution in [0.3, 0.4) is 0 Å². The van der Waals surface area contributed by atoms with Crippen LogP contribution in [0.5, 0.6) is 0 Å². The molecule has 1 aliphatic rings. The van der Waals surface area contributed by atoms with Crippen LogP contribution < -0.4 is 11.1 Å². The lowest BCUT2D eigenvalue weighted by Gasteiger charge is -2.39. The van der Waals surface area contributed by atoms with Crippen LogP contribution in [-0.2, 0) is 9.53 Å². The van der Waals surface area contributed by atoms with Crippen molar-refractivity contribution in [3.8, 4) is 0 Å².